The van der Waals surface area contributed by atoms with E-state index in [1.54, 1.807) is 0 Å². The highest BCUT2D eigenvalue weighted by atomic mass is 15.1. The molecule has 0 atom stereocenters. The number of hydrogen-bond acceptors (Lipinski definition) is 3. The van der Waals surface area contributed by atoms with Crippen molar-refractivity contribution in [3.05, 3.63) is 66.0 Å². The molecule has 0 saturated carbocycles. The van der Waals surface area contributed by atoms with Crippen LogP contribution in [-0.4, -0.2) is 30.0 Å². The molecule has 0 amide bonds. The molecule has 21 heavy (non-hydrogen) atoms. The second kappa shape index (κ2) is 6.37. The molecule has 1 fully saturated rings. The molecular formula is C18H23N3. The van der Waals surface area contributed by atoms with Crippen molar-refractivity contribution in [1.29, 1.82) is 0 Å². The van der Waals surface area contributed by atoms with E-state index in [-0.39, 0.29) is 5.54 Å². The number of nitrogens with one attached hydrogen (secondary N) is 1. The Hall–Kier alpha value is -1.71. The van der Waals surface area contributed by atoms with E-state index in [2.05, 4.69) is 64.7 Å². The standard InChI is InChI=1S/C18H23N3/c1-19-18(17-7-11-20-12-8-17)9-13-21(14-10-18)15-16-5-3-2-4-6-16/h2-8,11-12,19H,9-10,13-15H2,1H3. The van der Waals surface area contributed by atoms with Crippen molar-refractivity contribution < 1.29 is 0 Å². The number of piperidine rings is 1. The zero-order valence-corrected chi connectivity index (χ0v) is 12.6. The van der Waals surface area contributed by atoms with Crippen molar-refractivity contribution in [2.24, 2.45) is 0 Å². The summed E-state index contributed by atoms with van der Waals surface area (Å²) in [5.74, 6) is 0. The predicted octanol–water partition coefficient (Wildman–Crippen LogP) is 2.79. The fourth-order valence-corrected chi connectivity index (χ4v) is 3.29. The predicted molar refractivity (Wildman–Crippen MR) is 85.9 cm³/mol. The van der Waals surface area contributed by atoms with E-state index in [1.165, 1.54) is 11.1 Å². The molecule has 0 spiro atoms. The van der Waals surface area contributed by atoms with Gasteiger partial charge in [0.25, 0.3) is 0 Å². The van der Waals surface area contributed by atoms with Gasteiger partial charge in [0.05, 0.1) is 0 Å². The van der Waals surface area contributed by atoms with E-state index >= 15 is 0 Å². The van der Waals surface area contributed by atoms with Crippen LogP contribution in [0.4, 0.5) is 0 Å². The first kappa shape index (κ1) is 14.2. The molecule has 1 aromatic heterocycles. The van der Waals surface area contributed by atoms with Gasteiger partial charge in [0.15, 0.2) is 0 Å². The molecule has 0 unspecified atom stereocenters. The van der Waals surface area contributed by atoms with Crippen LogP contribution < -0.4 is 5.32 Å². The van der Waals surface area contributed by atoms with Crippen molar-refractivity contribution in [2.75, 3.05) is 20.1 Å². The average molecular weight is 281 g/mol. The molecule has 1 saturated heterocycles. The van der Waals surface area contributed by atoms with Gasteiger partial charge in [-0.15, -0.1) is 0 Å². The topological polar surface area (TPSA) is 28.2 Å². The zero-order valence-electron chi connectivity index (χ0n) is 12.6. The number of likely N-dealkylation sites (tertiary alicyclic amines) is 1. The van der Waals surface area contributed by atoms with Crippen LogP contribution in [0.3, 0.4) is 0 Å². The van der Waals surface area contributed by atoms with E-state index in [1.807, 2.05) is 12.4 Å². The third kappa shape index (κ3) is 3.14. The van der Waals surface area contributed by atoms with Crippen molar-refractivity contribution in [3.63, 3.8) is 0 Å². The van der Waals surface area contributed by atoms with E-state index in [0.29, 0.717) is 0 Å². The summed E-state index contributed by atoms with van der Waals surface area (Å²) in [6.07, 6.45) is 6.07. The summed E-state index contributed by atoms with van der Waals surface area (Å²) in [5.41, 5.74) is 2.87. The lowest BCUT2D eigenvalue weighted by Gasteiger charge is -2.42. The maximum atomic E-state index is 4.14. The highest BCUT2D eigenvalue weighted by molar-refractivity contribution is 5.23. The molecule has 3 nitrogen and oxygen atoms in total. The van der Waals surface area contributed by atoms with Gasteiger partial charge in [-0.3, -0.25) is 9.88 Å². The van der Waals surface area contributed by atoms with Crippen LogP contribution >= 0.6 is 0 Å². The first-order valence-electron chi connectivity index (χ1n) is 7.68. The highest BCUT2D eigenvalue weighted by Gasteiger charge is 2.34. The molecule has 0 bridgehead atoms. The minimum atomic E-state index is 0.107. The maximum absolute atomic E-state index is 4.14. The Morgan fingerprint density at radius 3 is 2.33 bits per heavy atom. The Morgan fingerprint density at radius 2 is 1.71 bits per heavy atom. The van der Waals surface area contributed by atoms with Crippen LogP contribution in [0, 0.1) is 0 Å². The summed E-state index contributed by atoms with van der Waals surface area (Å²) >= 11 is 0. The Balaban J connectivity index is 1.66. The van der Waals surface area contributed by atoms with Gasteiger partial charge in [-0.2, -0.15) is 0 Å². The molecular weight excluding hydrogens is 258 g/mol. The Labute approximate surface area is 127 Å². The minimum absolute atomic E-state index is 0.107. The first-order valence-corrected chi connectivity index (χ1v) is 7.68. The fourth-order valence-electron chi connectivity index (χ4n) is 3.29. The molecule has 1 N–H and O–H groups in total. The molecule has 3 heteroatoms. The average Bonchev–Trinajstić information content (AvgIpc) is 2.58. The maximum Gasteiger partial charge on any atom is 0.0457 e. The van der Waals surface area contributed by atoms with Crippen LogP contribution in [0.15, 0.2) is 54.9 Å². The molecule has 0 radical (unpaired) electrons. The summed E-state index contributed by atoms with van der Waals surface area (Å²) in [6.45, 7) is 3.30. The summed E-state index contributed by atoms with van der Waals surface area (Å²) in [7, 11) is 2.08. The van der Waals surface area contributed by atoms with Crippen molar-refractivity contribution in [2.45, 2.75) is 24.9 Å². The smallest absolute Gasteiger partial charge is 0.0457 e. The molecule has 3 rings (SSSR count). The van der Waals surface area contributed by atoms with Crippen molar-refractivity contribution in [3.8, 4) is 0 Å². The van der Waals surface area contributed by atoms with Crippen LogP contribution in [0.1, 0.15) is 24.0 Å². The largest absolute Gasteiger partial charge is 0.310 e. The first-order chi connectivity index (χ1) is 10.3. The molecule has 1 aromatic carbocycles. The summed E-state index contributed by atoms with van der Waals surface area (Å²) < 4.78 is 0. The summed E-state index contributed by atoms with van der Waals surface area (Å²) in [6, 6.07) is 15.0. The molecule has 2 aromatic rings. The lowest BCUT2D eigenvalue weighted by molar-refractivity contribution is 0.134. The molecule has 1 aliphatic heterocycles. The number of hydrogen-bond donors (Lipinski definition) is 1. The van der Waals surface area contributed by atoms with E-state index in [0.717, 1.165) is 32.5 Å². The Bertz CT molecular complexity index is 545. The Kier molecular flexibility index (Phi) is 4.32. The van der Waals surface area contributed by atoms with Gasteiger partial charge >= 0.3 is 0 Å². The third-order valence-corrected chi connectivity index (χ3v) is 4.67. The fraction of sp³-hybridized carbons (Fsp3) is 0.389. The van der Waals surface area contributed by atoms with Gasteiger partial charge in [-0.05, 0) is 43.1 Å². The van der Waals surface area contributed by atoms with Crippen molar-refractivity contribution in [1.82, 2.24) is 15.2 Å². The normalized spacial score (nSPS) is 18.5. The van der Waals surface area contributed by atoms with Crippen LogP contribution in [0.25, 0.3) is 0 Å². The number of nitrogens with zero attached hydrogens (tertiary/aromatic N) is 2. The highest BCUT2D eigenvalue weighted by Crippen LogP contribution is 2.32. The van der Waals surface area contributed by atoms with Gasteiger partial charge in [-0.1, -0.05) is 30.3 Å². The summed E-state index contributed by atoms with van der Waals surface area (Å²) in [4.78, 5) is 6.69. The second-order valence-corrected chi connectivity index (χ2v) is 5.83. The third-order valence-electron chi connectivity index (χ3n) is 4.67. The second-order valence-electron chi connectivity index (χ2n) is 5.83. The minimum Gasteiger partial charge on any atom is -0.310 e. The van der Waals surface area contributed by atoms with E-state index < -0.39 is 0 Å². The quantitative estimate of drug-likeness (QED) is 0.934. The number of benzene rings is 1. The van der Waals surface area contributed by atoms with Gasteiger partial charge in [0, 0.05) is 37.6 Å². The Morgan fingerprint density at radius 1 is 1.05 bits per heavy atom. The van der Waals surface area contributed by atoms with Crippen molar-refractivity contribution >= 4 is 0 Å². The monoisotopic (exact) mass is 281 g/mol. The molecule has 110 valence electrons. The van der Waals surface area contributed by atoms with Crippen LogP contribution in [-0.2, 0) is 12.1 Å². The van der Waals surface area contributed by atoms with E-state index in [9.17, 15) is 0 Å². The van der Waals surface area contributed by atoms with Gasteiger partial charge < -0.3 is 5.32 Å². The zero-order chi connectivity index (χ0) is 14.5. The molecule has 2 heterocycles. The number of aromatic nitrogens is 1. The number of pyridine rings is 1. The molecule has 0 aliphatic carbocycles. The van der Waals surface area contributed by atoms with Crippen LogP contribution in [0.5, 0.6) is 0 Å². The number of rotatable bonds is 4. The van der Waals surface area contributed by atoms with E-state index in [4.69, 9.17) is 0 Å². The molecule has 1 aliphatic rings. The van der Waals surface area contributed by atoms with Gasteiger partial charge in [0.1, 0.15) is 0 Å². The summed E-state index contributed by atoms with van der Waals surface area (Å²) in [5, 5.41) is 3.56. The van der Waals surface area contributed by atoms with Crippen LogP contribution in [0.2, 0.25) is 0 Å². The van der Waals surface area contributed by atoms with Gasteiger partial charge in [-0.25, -0.2) is 0 Å². The SMILES string of the molecule is CNC1(c2ccncc2)CCN(Cc2ccccc2)CC1. The lowest BCUT2D eigenvalue weighted by atomic mass is 9.81. The van der Waals surface area contributed by atoms with Gasteiger partial charge in [0.2, 0.25) is 0 Å². The lowest BCUT2D eigenvalue weighted by Crippen LogP contribution is -2.49.